The van der Waals surface area contributed by atoms with E-state index in [9.17, 15) is 5.26 Å². The number of nitriles is 1. The molecule has 2 unspecified atom stereocenters. The van der Waals surface area contributed by atoms with Gasteiger partial charge in [-0.15, -0.1) is 0 Å². The molecule has 4 heteroatoms. The van der Waals surface area contributed by atoms with Crippen LogP contribution < -0.4 is 5.32 Å². The van der Waals surface area contributed by atoms with Crippen LogP contribution in [0.5, 0.6) is 0 Å². The smallest absolute Gasteiger partial charge is 0.108 e. The molecule has 1 aliphatic heterocycles. The molecule has 4 nitrogen and oxygen atoms in total. The molecule has 18 heavy (non-hydrogen) atoms. The highest BCUT2D eigenvalue weighted by Gasteiger charge is 2.41. The predicted molar refractivity (Wildman–Crippen MR) is 71.3 cm³/mol. The molecule has 2 aliphatic rings. The number of hydrogen-bond acceptors (Lipinski definition) is 4. The molecule has 0 amide bonds. The number of rotatable bonds is 4. The highest BCUT2D eigenvalue weighted by molar-refractivity contribution is 5.13. The van der Waals surface area contributed by atoms with Gasteiger partial charge in [-0.3, -0.25) is 5.32 Å². The highest BCUT2D eigenvalue weighted by atomic mass is 16.5. The third kappa shape index (κ3) is 2.85. The van der Waals surface area contributed by atoms with E-state index in [0.717, 1.165) is 51.7 Å². The molecule has 0 bridgehead atoms. The van der Waals surface area contributed by atoms with Crippen molar-refractivity contribution in [1.82, 2.24) is 10.2 Å². The summed E-state index contributed by atoms with van der Waals surface area (Å²) in [6.07, 6.45) is 5.83. The molecule has 0 aromatic carbocycles. The Morgan fingerprint density at radius 2 is 2.11 bits per heavy atom. The number of nitrogens with one attached hydrogen (secondary N) is 1. The Bertz CT molecular complexity index is 307. The lowest BCUT2D eigenvalue weighted by Gasteiger charge is -2.36. The molecule has 1 N–H and O–H groups in total. The quantitative estimate of drug-likeness (QED) is 0.823. The lowest BCUT2D eigenvalue weighted by atomic mass is 9.98. The first kappa shape index (κ1) is 13.8. The van der Waals surface area contributed by atoms with Crippen molar-refractivity contribution in [2.75, 3.05) is 26.7 Å². The van der Waals surface area contributed by atoms with Gasteiger partial charge < -0.3 is 9.64 Å². The molecule has 1 saturated carbocycles. The monoisotopic (exact) mass is 251 g/mol. The van der Waals surface area contributed by atoms with Gasteiger partial charge in [-0.1, -0.05) is 6.92 Å². The van der Waals surface area contributed by atoms with Crippen LogP contribution in [-0.2, 0) is 4.74 Å². The van der Waals surface area contributed by atoms with Gasteiger partial charge in [0.05, 0.1) is 12.2 Å². The van der Waals surface area contributed by atoms with Crippen molar-refractivity contribution in [1.29, 1.82) is 5.26 Å². The van der Waals surface area contributed by atoms with Gasteiger partial charge in [0.1, 0.15) is 5.54 Å². The number of nitrogens with zero attached hydrogens (tertiary/aromatic N) is 2. The summed E-state index contributed by atoms with van der Waals surface area (Å²) in [4.78, 5) is 2.56. The molecular weight excluding hydrogens is 226 g/mol. The summed E-state index contributed by atoms with van der Waals surface area (Å²) < 4.78 is 5.41. The minimum Gasteiger partial charge on any atom is -0.381 e. The third-order valence-electron chi connectivity index (χ3n) is 4.54. The fourth-order valence-corrected chi connectivity index (χ4v) is 3.45. The zero-order valence-electron chi connectivity index (χ0n) is 11.6. The largest absolute Gasteiger partial charge is 0.381 e. The number of likely N-dealkylation sites (tertiary alicyclic amines) is 1. The Balaban J connectivity index is 1.87. The minimum atomic E-state index is -0.266. The summed E-state index contributed by atoms with van der Waals surface area (Å²) in [5.74, 6) is 0. The molecule has 1 aliphatic carbocycles. The van der Waals surface area contributed by atoms with Gasteiger partial charge >= 0.3 is 0 Å². The summed E-state index contributed by atoms with van der Waals surface area (Å²) in [5.41, 5.74) is -0.266. The topological polar surface area (TPSA) is 48.3 Å². The third-order valence-corrected chi connectivity index (χ3v) is 4.54. The van der Waals surface area contributed by atoms with Crippen molar-refractivity contribution < 1.29 is 4.74 Å². The minimum absolute atomic E-state index is 0.266. The Morgan fingerprint density at radius 3 is 2.67 bits per heavy atom. The second kappa shape index (κ2) is 6.01. The van der Waals surface area contributed by atoms with Gasteiger partial charge in [0.25, 0.3) is 0 Å². The van der Waals surface area contributed by atoms with Gasteiger partial charge in [-0.05, 0) is 38.6 Å². The van der Waals surface area contributed by atoms with E-state index in [1.807, 2.05) is 7.11 Å². The van der Waals surface area contributed by atoms with E-state index in [2.05, 4.69) is 23.2 Å². The fourth-order valence-electron chi connectivity index (χ4n) is 3.45. The first-order valence-corrected chi connectivity index (χ1v) is 7.16. The fraction of sp³-hybridized carbons (Fsp3) is 0.929. The second-order valence-electron chi connectivity index (χ2n) is 5.59. The van der Waals surface area contributed by atoms with Gasteiger partial charge in [0.15, 0.2) is 0 Å². The molecule has 0 aromatic rings. The summed E-state index contributed by atoms with van der Waals surface area (Å²) in [5, 5.41) is 12.8. The van der Waals surface area contributed by atoms with Gasteiger partial charge in [-0.25, -0.2) is 0 Å². The van der Waals surface area contributed by atoms with E-state index >= 15 is 0 Å². The van der Waals surface area contributed by atoms with Crippen LogP contribution in [0.3, 0.4) is 0 Å². The van der Waals surface area contributed by atoms with Crippen LogP contribution in [0, 0.1) is 11.3 Å². The summed E-state index contributed by atoms with van der Waals surface area (Å²) in [6.45, 7) is 5.20. The van der Waals surface area contributed by atoms with Gasteiger partial charge in [-0.2, -0.15) is 5.26 Å². The lowest BCUT2D eigenvalue weighted by molar-refractivity contribution is 0.0274. The maximum Gasteiger partial charge on any atom is 0.108 e. The maximum atomic E-state index is 9.39. The summed E-state index contributed by atoms with van der Waals surface area (Å²) in [6, 6.07) is 3.09. The first-order chi connectivity index (χ1) is 8.73. The molecule has 1 saturated heterocycles. The number of ether oxygens (including phenoxy) is 1. The summed E-state index contributed by atoms with van der Waals surface area (Å²) >= 11 is 0. The van der Waals surface area contributed by atoms with Crippen molar-refractivity contribution in [2.24, 2.45) is 0 Å². The zero-order valence-corrected chi connectivity index (χ0v) is 11.6. The average molecular weight is 251 g/mol. The van der Waals surface area contributed by atoms with Crippen LogP contribution in [0.15, 0.2) is 0 Å². The predicted octanol–water partition coefficient (Wildman–Crippen LogP) is 1.52. The van der Waals surface area contributed by atoms with E-state index < -0.39 is 0 Å². The Labute approximate surface area is 110 Å². The van der Waals surface area contributed by atoms with Crippen LogP contribution in [0.1, 0.15) is 39.0 Å². The van der Waals surface area contributed by atoms with Gasteiger partial charge in [0.2, 0.25) is 0 Å². The van der Waals surface area contributed by atoms with E-state index in [-0.39, 0.29) is 5.54 Å². The molecule has 1 heterocycles. The van der Waals surface area contributed by atoms with Crippen LogP contribution >= 0.6 is 0 Å². The molecule has 2 rings (SSSR count). The van der Waals surface area contributed by atoms with Crippen LogP contribution in [0.2, 0.25) is 0 Å². The van der Waals surface area contributed by atoms with Crippen molar-refractivity contribution in [2.45, 2.75) is 56.7 Å². The van der Waals surface area contributed by atoms with Crippen LogP contribution in [-0.4, -0.2) is 49.3 Å². The Hall–Kier alpha value is -0.630. The molecule has 102 valence electrons. The first-order valence-electron chi connectivity index (χ1n) is 7.16. The molecule has 2 fully saturated rings. The van der Waals surface area contributed by atoms with E-state index in [4.69, 9.17) is 4.74 Å². The zero-order chi connectivity index (χ0) is 13.0. The van der Waals surface area contributed by atoms with Crippen molar-refractivity contribution in [3.8, 4) is 6.07 Å². The van der Waals surface area contributed by atoms with Crippen LogP contribution in [0.4, 0.5) is 0 Å². The molecule has 0 aromatic heterocycles. The Morgan fingerprint density at radius 1 is 1.39 bits per heavy atom. The Kier molecular flexibility index (Phi) is 4.60. The standard InChI is InChI=1S/C14H25N3O/c1-3-16-14(11-15)7-4-12(10-14)17-8-5-13(18-2)6-9-17/h12-13,16H,3-10H2,1-2H3. The normalized spacial score (nSPS) is 34.6. The van der Waals surface area contributed by atoms with E-state index in [1.165, 1.54) is 0 Å². The van der Waals surface area contributed by atoms with Crippen molar-refractivity contribution >= 4 is 0 Å². The lowest BCUT2D eigenvalue weighted by Crippen LogP contribution is -2.46. The maximum absolute atomic E-state index is 9.39. The number of hydrogen-bond donors (Lipinski definition) is 1. The van der Waals surface area contributed by atoms with E-state index in [1.54, 1.807) is 0 Å². The van der Waals surface area contributed by atoms with Crippen molar-refractivity contribution in [3.63, 3.8) is 0 Å². The number of piperidine rings is 1. The molecule has 2 atom stereocenters. The summed E-state index contributed by atoms with van der Waals surface area (Å²) in [7, 11) is 1.81. The highest BCUT2D eigenvalue weighted by Crippen LogP contribution is 2.34. The molecule has 0 radical (unpaired) electrons. The van der Waals surface area contributed by atoms with Crippen molar-refractivity contribution in [3.05, 3.63) is 0 Å². The molecule has 0 spiro atoms. The SMILES string of the molecule is CCNC1(C#N)CCC(N2CCC(OC)CC2)C1. The average Bonchev–Trinajstić information content (AvgIpc) is 2.84. The van der Waals surface area contributed by atoms with Crippen LogP contribution in [0.25, 0.3) is 0 Å². The number of methoxy groups -OCH3 is 1. The molecular formula is C14H25N3O. The second-order valence-corrected chi connectivity index (χ2v) is 5.59. The van der Waals surface area contributed by atoms with E-state index in [0.29, 0.717) is 12.1 Å². The van der Waals surface area contributed by atoms with Gasteiger partial charge in [0, 0.05) is 26.2 Å².